The third-order valence-corrected chi connectivity index (χ3v) is 2.29. The van der Waals surface area contributed by atoms with Gasteiger partial charge in [0, 0.05) is 0 Å². The molecular weight excluding hydrogens is 147 g/mol. The van der Waals surface area contributed by atoms with Crippen LogP contribution in [0.1, 0.15) is 15.7 Å². The average molecular weight is 154 g/mol. The minimum atomic E-state index is -0.832. The maximum atomic E-state index is 10.3. The Bertz CT molecular complexity index is 240. The normalized spacial score (nSPS) is 10.1. The molecule has 0 aliphatic heterocycles. The van der Waals surface area contributed by atoms with E-state index < -0.39 is 5.97 Å². The first-order chi connectivity index (χ1) is 4.70. The van der Waals surface area contributed by atoms with E-state index in [1.54, 1.807) is 12.1 Å². The molecule has 52 valence electrons. The molecule has 0 amide bonds. The molecule has 1 aromatic heterocycles. The number of carboxylic acid groups (broad SMARTS) is 1. The monoisotopic (exact) mass is 154 g/mol. The predicted octanol–water partition coefficient (Wildman–Crippen LogP) is 2.27. The molecule has 0 spiro atoms. The molecule has 0 aliphatic carbocycles. The maximum absolute atomic E-state index is 10.3. The molecular formula is C7H7O2P. The van der Waals surface area contributed by atoms with Crippen molar-refractivity contribution in [3.63, 3.8) is 0 Å². The first-order valence-electron chi connectivity index (χ1n) is 2.86. The highest BCUT2D eigenvalue weighted by Gasteiger charge is 1.99. The molecule has 3 heteroatoms. The highest BCUT2D eigenvalue weighted by Crippen LogP contribution is 2.14. The van der Waals surface area contributed by atoms with Crippen LogP contribution in [0.3, 0.4) is 0 Å². The molecule has 0 unspecified atom stereocenters. The van der Waals surface area contributed by atoms with E-state index in [2.05, 4.69) is 0 Å². The van der Waals surface area contributed by atoms with Crippen LogP contribution in [0.25, 0.3) is 0 Å². The number of hydrogen-bond donors (Lipinski definition) is 1. The number of rotatable bonds is 1. The predicted molar refractivity (Wildman–Crippen MR) is 40.7 cm³/mol. The van der Waals surface area contributed by atoms with Gasteiger partial charge in [0.25, 0.3) is 0 Å². The van der Waals surface area contributed by atoms with E-state index in [1.807, 2.05) is 12.7 Å². The zero-order chi connectivity index (χ0) is 7.56. The Balaban J connectivity index is 3.00. The van der Waals surface area contributed by atoms with E-state index in [-0.39, 0.29) is 0 Å². The maximum Gasteiger partial charge on any atom is 0.340 e. The summed E-state index contributed by atoms with van der Waals surface area (Å²) < 4.78 is 0. The van der Waals surface area contributed by atoms with Crippen LogP contribution in [0.15, 0.2) is 17.9 Å². The van der Waals surface area contributed by atoms with Crippen LogP contribution in [0.5, 0.6) is 0 Å². The van der Waals surface area contributed by atoms with Gasteiger partial charge < -0.3 is 5.11 Å². The molecule has 0 aliphatic rings. The minimum absolute atomic E-state index is 0.436. The zero-order valence-corrected chi connectivity index (χ0v) is 6.43. The Morgan fingerprint density at radius 1 is 1.60 bits per heavy atom. The van der Waals surface area contributed by atoms with Gasteiger partial charge in [0.15, 0.2) is 0 Å². The Morgan fingerprint density at radius 3 is 2.70 bits per heavy atom. The average Bonchev–Trinajstić information content (AvgIpc) is 1.88. The van der Waals surface area contributed by atoms with Crippen LogP contribution in [-0.2, 0) is 0 Å². The second-order valence-corrected chi connectivity index (χ2v) is 3.02. The standard InChI is InChI=1S/C7H7O2P/c1-5-2-3-6(7(8)9)10-4-5/h2-4H,1H3,(H,8,9). The number of hydrogen-bond acceptors (Lipinski definition) is 1. The van der Waals surface area contributed by atoms with Crippen LogP contribution >= 0.6 is 8.19 Å². The molecule has 0 atom stereocenters. The molecule has 1 N–H and O–H groups in total. The van der Waals surface area contributed by atoms with Crippen molar-refractivity contribution < 1.29 is 9.90 Å². The van der Waals surface area contributed by atoms with Gasteiger partial charge in [-0.15, -0.1) is 0 Å². The van der Waals surface area contributed by atoms with Gasteiger partial charge in [-0.25, -0.2) is 4.79 Å². The number of aryl methyl sites for hydroxylation is 1. The second kappa shape index (κ2) is 2.80. The van der Waals surface area contributed by atoms with Crippen molar-refractivity contribution in [1.29, 1.82) is 0 Å². The van der Waals surface area contributed by atoms with Gasteiger partial charge in [0.1, 0.15) is 0 Å². The van der Waals surface area contributed by atoms with Crippen molar-refractivity contribution in [1.82, 2.24) is 0 Å². The minimum Gasteiger partial charge on any atom is -0.477 e. The van der Waals surface area contributed by atoms with E-state index in [1.165, 1.54) is 0 Å². The highest BCUT2D eigenvalue weighted by molar-refractivity contribution is 7.31. The molecule has 0 saturated carbocycles. The zero-order valence-electron chi connectivity index (χ0n) is 5.53. The first-order valence-corrected chi connectivity index (χ1v) is 3.82. The molecule has 0 aromatic carbocycles. The summed E-state index contributed by atoms with van der Waals surface area (Å²) in [7, 11) is 0.785. The fourth-order valence-corrected chi connectivity index (χ4v) is 1.29. The topological polar surface area (TPSA) is 37.3 Å². The Hall–Kier alpha value is -0.880. The summed E-state index contributed by atoms with van der Waals surface area (Å²) in [5.41, 5.74) is 1.12. The fourth-order valence-electron chi connectivity index (χ4n) is 0.594. The van der Waals surface area contributed by atoms with Gasteiger partial charge in [-0.05, 0) is 24.4 Å². The van der Waals surface area contributed by atoms with E-state index in [0.717, 1.165) is 13.8 Å². The molecule has 2 nitrogen and oxygen atoms in total. The molecule has 10 heavy (non-hydrogen) atoms. The van der Waals surface area contributed by atoms with Crippen molar-refractivity contribution >= 4 is 14.2 Å². The van der Waals surface area contributed by atoms with Crippen molar-refractivity contribution in [2.75, 3.05) is 0 Å². The largest absolute Gasteiger partial charge is 0.477 e. The molecule has 0 saturated heterocycles. The highest BCUT2D eigenvalue weighted by atomic mass is 31.0. The fraction of sp³-hybridized carbons (Fsp3) is 0.143. The van der Waals surface area contributed by atoms with Crippen molar-refractivity contribution in [2.24, 2.45) is 0 Å². The summed E-state index contributed by atoms with van der Waals surface area (Å²) in [6.07, 6.45) is 0. The number of aromatic carboxylic acids is 1. The van der Waals surface area contributed by atoms with E-state index >= 15 is 0 Å². The molecule has 0 radical (unpaired) electrons. The smallest absolute Gasteiger partial charge is 0.340 e. The van der Waals surface area contributed by atoms with Gasteiger partial charge in [-0.2, -0.15) is 0 Å². The van der Waals surface area contributed by atoms with E-state index in [4.69, 9.17) is 5.11 Å². The third-order valence-electron chi connectivity index (χ3n) is 1.13. The Morgan fingerprint density at radius 2 is 2.30 bits per heavy atom. The van der Waals surface area contributed by atoms with Gasteiger partial charge in [0.2, 0.25) is 0 Å². The summed E-state index contributed by atoms with van der Waals surface area (Å²) >= 11 is 0. The lowest BCUT2D eigenvalue weighted by atomic mass is 10.3. The summed E-state index contributed by atoms with van der Waals surface area (Å²) in [5.74, 6) is 1.05. The number of carbonyl (C=O) groups is 1. The Labute approximate surface area is 60.6 Å². The summed E-state index contributed by atoms with van der Waals surface area (Å²) in [5, 5.41) is 8.94. The van der Waals surface area contributed by atoms with Gasteiger partial charge in [-0.3, -0.25) is 0 Å². The van der Waals surface area contributed by atoms with Gasteiger partial charge in [-0.1, -0.05) is 14.3 Å². The van der Waals surface area contributed by atoms with Crippen molar-refractivity contribution in [2.45, 2.75) is 6.92 Å². The third kappa shape index (κ3) is 1.55. The second-order valence-electron chi connectivity index (χ2n) is 2.03. The lowest BCUT2D eigenvalue weighted by molar-refractivity contribution is 0.0702. The molecule has 1 aromatic rings. The van der Waals surface area contributed by atoms with Crippen LogP contribution in [-0.4, -0.2) is 11.1 Å². The van der Waals surface area contributed by atoms with Crippen molar-refractivity contribution in [3.05, 3.63) is 28.8 Å². The van der Waals surface area contributed by atoms with Crippen LogP contribution in [0.2, 0.25) is 0 Å². The number of carboxylic acids is 1. The SMILES string of the molecule is Cc1ccc(C(=O)O)pc1. The quantitative estimate of drug-likeness (QED) is 0.673. The molecule has 0 bridgehead atoms. The molecule has 1 rings (SSSR count). The first kappa shape index (κ1) is 7.23. The van der Waals surface area contributed by atoms with Crippen LogP contribution in [0.4, 0.5) is 0 Å². The van der Waals surface area contributed by atoms with E-state index in [0.29, 0.717) is 5.30 Å². The van der Waals surface area contributed by atoms with Crippen molar-refractivity contribution in [3.8, 4) is 0 Å². The molecule has 1 heterocycles. The summed E-state index contributed by atoms with van der Waals surface area (Å²) in [4.78, 5) is 10.3. The Kier molecular flexibility index (Phi) is 2.03. The lowest BCUT2D eigenvalue weighted by Crippen LogP contribution is -1.91. The summed E-state index contributed by atoms with van der Waals surface area (Å²) in [6.45, 7) is 1.95. The van der Waals surface area contributed by atoms with Gasteiger partial charge >= 0.3 is 5.97 Å². The lowest BCUT2D eigenvalue weighted by Gasteiger charge is -1.91. The summed E-state index contributed by atoms with van der Waals surface area (Å²) in [6, 6.07) is 3.44. The van der Waals surface area contributed by atoms with Gasteiger partial charge in [0.05, 0.1) is 5.30 Å². The van der Waals surface area contributed by atoms with Crippen LogP contribution < -0.4 is 0 Å². The molecule has 0 fully saturated rings. The van der Waals surface area contributed by atoms with E-state index in [9.17, 15) is 4.79 Å². The van der Waals surface area contributed by atoms with Crippen LogP contribution in [0, 0.1) is 6.92 Å².